The van der Waals surface area contributed by atoms with Gasteiger partial charge >= 0.3 is 7.12 Å². The Balaban J connectivity index is 2.29. The minimum atomic E-state index is -0.426. The highest BCUT2D eigenvalue weighted by Crippen LogP contribution is 2.38. The molecule has 1 fully saturated rings. The molecular weight excluding hydrogens is 345 g/mol. The Kier molecular flexibility index (Phi) is 5.07. The third kappa shape index (κ3) is 3.40. The third-order valence-corrected chi connectivity index (χ3v) is 4.97. The highest BCUT2D eigenvalue weighted by Gasteiger charge is 2.52. The summed E-state index contributed by atoms with van der Waals surface area (Å²) in [5, 5.41) is 0. The van der Waals surface area contributed by atoms with Crippen LogP contribution < -0.4 is 10.5 Å². The number of halogens is 1. The Morgan fingerprint density at radius 2 is 1.86 bits per heavy atom. The van der Waals surface area contributed by atoms with Crippen molar-refractivity contribution in [1.29, 1.82) is 0 Å². The van der Waals surface area contributed by atoms with Gasteiger partial charge < -0.3 is 19.8 Å². The maximum absolute atomic E-state index is 6.06. The maximum atomic E-state index is 6.06. The second-order valence-corrected chi connectivity index (χ2v) is 7.26. The van der Waals surface area contributed by atoms with E-state index in [4.69, 9.17) is 19.8 Å². The van der Waals surface area contributed by atoms with Gasteiger partial charge in [-0.2, -0.15) is 0 Å². The SMILES string of the molecule is COc1cc(C=C(CN)B2OC(C)(C)C(C)(C)O2)ccc1Br. The predicted molar refractivity (Wildman–Crippen MR) is 93.8 cm³/mol. The first-order chi connectivity index (χ1) is 10.2. The zero-order valence-electron chi connectivity index (χ0n) is 13.8. The molecule has 0 aromatic heterocycles. The number of hydrogen-bond donors (Lipinski definition) is 1. The molecule has 6 heteroatoms. The molecule has 1 aromatic rings. The fourth-order valence-electron chi connectivity index (χ4n) is 2.20. The minimum Gasteiger partial charge on any atom is -0.496 e. The van der Waals surface area contributed by atoms with E-state index in [2.05, 4.69) is 15.9 Å². The molecule has 4 nitrogen and oxygen atoms in total. The van der Waals surface area contributed by atoms with Gasteiger partial charge in [0.2, 0.25) is 0 Å². The van der Waals surface area contributed by atoms with Crippen LogP contribution >= 0.6 is 15.9 Å². The van der Waals surface area contributed by atoms with Crippen molar-refractivity contribution in [2.75, 3.05) is 13.7 Å². The molecular formula is C16H23BBrNO3. The second-order valence-electron chi connectivity index (χ2n) is 6.41. The molecule has 0 saturated carbocycles. The van der Waals surface area contributed by atoms with Crippen molar-refractivity contribution in [2.24, 2.45) is 5.73 Å². The van der Waals surface area contributed by atoms with E-state index in [-0.39, 0.29) is 11.2 Å². The van der Waals surface area contributed by atoms with Crippen molar-refractivity contribution in [1.82, 2.24) is 0 Å². The van der Waals surface area contributed by atoms with Crippen molar-refractivity contribution in [3.63, 3.8) is 0 Å². The summed E-state index contributed by atoms with van der Waals surface area (Å²) in [6.45, 7) is 8.50. The molecule has 2 rings (SSSR count). The molecule has 1 aliphatic rings. The lowest BCUT2D eigenvalue weighted by atomic mass is 9.77. The Hall–Kier alpha value is -0.815. The number of benzene rings is 1. The summed E-state index contributed by atoms with van der Waals surface area (Å²) in [5.74, 6) is 0.777. The number of nitrogens with two attached hydrogens (primary N) is 1. The van der Waals surface area contributed by atoms with Gasteiger partial charge in [0.25, 0.3) is 0 Å². The molecule has 1 aliphatic heterocycles. The van der Waals surface area contributed by atoms with Gasteiger partial charge in [-0.1, -0.05) is 12.1 Å². The van der Waals surface area contributed by atoms with Gasteiger partial charge in [0.05, 0.1) is 22.8 Å². The molecule has 0 atom stereocenters. The van der Waals surface area contributed by atoms with Crippen LogP contribution in [0.25, 0.3) is 6.08 Å². The predicted octanol–water partition coefficient (Wildman–Crippen LogP) is 3.43. The number of rotatable bonds is 4. The van der Waals surface area contributed by atoms with E-state index in [1.807, 2.05) is 52.0 Å². The van der Waals surface area contributed by atoms with Crippen LogP contribution in [-0.2, 0) is 9.31 Å². The van der Waals surface area contributed by atoms with Gasteiger partial charge in [-0.25, -0.2) is 0 Å². The van der Waals surface area contributed by atoms with Gasteiger partial charge in [-0.05, 0) is 66.8 Å². The molecule has 0 spiro atoms. The van der Waals surface area contributed by atoms with Crippen LogP contribution in [0, 0.1) is 0 Å². The lowest BCUT2D eigenvalue weighted by molar-refractivity contribution is 0.00578. The Labute approximate surface area is 141 Å². The summed E-state index contributed by atoms with van der Waals surface area (Å²) in [6.07, 6.45) is 2.00. The Bertz CT molecular complexity index is 571. The molecule has 0 aliphatic carbocycles. The van der Waals surface area contributed by atoms with E-state index in [9.17, 15) is 0 Å². The average Bonchev–Trinajstić information content (AvgIpc) is 2.66. The van der Waals surface area contributed by atoms with Crippen LogP contribution in [0.5, 0.6) is 5.75 Å². The first-order valence-corrected chi connectivity index (χ1v) is 8.09. The van der Waals surface area contributed by atoms with Crippen molar-refractivity contribution in [2.45, 2.75) is 38.9 Å². The summed E-state index contributed by atoms with van der Waals surface area (Å²) >= 11 is 3.45. The van der Waals surface area contributed by atoms with E-state index in [1.54, 1.807) is 7.11 Å². The van der Waals surface area contributed by atoms with E-state index in [0.717, 1.165) is 21.3 Å². The number of methoxy groups -OCH3 is 1. The van der Waals surface area contributed by atoms with Crippen LogP contribution in [0.15, 0.2) is 28.1 Å². The van der Waals surface area contributed by atoms with Gasteiger partial charge in [-0.15, -0.1) is 0 Å². The fourth-order valence-corrected chi connectivity index (χ4v) is 2.61. The minimum absolute atomic E-state index is 0.370. The topological polar surface area (TPSA) is 53.7 Å². The largest absolute Gasteiger partial charge is 0.496 e. The van der Waals surface area contributed by atoms with Crippen LogP contribution in [0.4, 0.5) is 0 Å². The molecule has 0 unspecified atom stereocenters. The quantitative estimate of drug-likeness (QED) is 0.828. The molecule has 0 bridgehead atoms. The molecule has 1 aromatic carbocycles. The van der Waals surface area contributed by atoms with Crippen LogP contribution in [-0.4, -0.2) is 32.0 Å². The normalized spacial score (nSPS) is 20.3. The second kappa shape index (κ2) is 6.36. The monoisotopic (exact) mass is 367 g/mol. The molecule has 0 radical (unpaired) electrons. The van der Waals surface area contributed by atoms with E-state index in [1.165, 1.54) is 0 Å². The molecule has 120 valence electrons. The van der Waals surface area contributed by atoms with E-state index >= 15 is 0 Å². The lowest BCUT2D eigenvalue weighted by Crippen LogP contribution is -2.41. The van der Waals surface area contributed by atoms with E-state index in [0.29, 0.717) is 6.54 Å². The summed E-state index contributed by atoms with van der Waals surface area (Å²) in [5.41, 5.74) is 7.07. The zero-order chi connectivity index (χ0) is 16.5. The molecule has 0 amide bonds. The Morgan fingerprint density at radius 1 is 1.27 bits per heavy atom. The zero-order valence-corrected chi connectivity index (χ0v) is 15.4. The summed E-state index contributed by atoms with van der Waals surface area (Å²) < 4.78 is 18.4. The van der Waals surface area contributed by atoms with Gasteiger partial charge in [0.15, 0.2) is 0 Å². The molecule has 1 saturated heterocycles. The standard InChI is InChI=1S/C16H23BBrNO3/c1-15(2)16(3,4)22-17(21-15)12(10-19)8-11-6-7-13(18)14(9-11)20-5/h6-9H,10,19H2,1-5H3. The smallest absolute Gasteiger partial charge is 0.491 e. The molecule has 2 N–H and O–H groups in total. The first kappa shape index (κ1) is 17.5. The van der Waals surface area contributed by atoms with E-state index < -0.39 is 7.12 Å². The third-order valence-electron chi connectivity index (χ3n) is 4.32. The Morgan fingerprint density at radius 3 is 2.36 bits per heavy atom. The van der Waals surface area contributed by atoms with Gasteiger partial charge in [-0.3, -0.25) is 0 Å². The van der Waals surface area contributed by atoms with Gasteiger partial charge in [0.1, 0.15) is 5.75 Å². The van der Waals surface area contributed by atoms with Crippen molar-refractivity contribution in [3.8, 4) is 5.75 Å². The average molecular weight is 368 g/mol. The highest BCUT2D eigenvalue weighted by atomic mass is 79.9. The van der Waals surface area contributed by atoms with Crippen LogP contribution in [0.3, 0.4) is 0 Å². The molecule has 1 heterocycles. The summed E-state index contributed by atoms with van der Waals surface area (Å²) in [7, 11) is 1.22. The van der Waals surface area contributed by atoms with Crippen molar-refractivity contribution >= 4 is 29.1 Å². The van der Waals surface area contributed by atoms with Crippen LogP contribution in [0.1, 0.15) is 33.3 Å². The van der Waals surface area contributed by atoms with Crippen molar-refractivity contribution in [3.05, 3.63) is 33.7 Å². The number of hydrogen-bond acceptors (Lipinski definition) is 4. The van der Waals surface area contributed by atoms with Gasteiger partial charge in [0, 0.05) is 6.54 Å². The maximum Gasteiger partial charge on any atom is 0.491 e. The van der Waals surface area contributed by atoms with Crippen LogP contribution in [0.2, 0.25) is 0 Å². The van der Waals surface area contributed by atoms with Crippen molar-refractivity contribution < 1.29 is 14.0 Å². The molecule has 22 heavy (non-hydrogen) atoms. The first-order valence-electron chi connectivity index (χ1n) is 7.30. The highest BCUT2D eigenvalue weighted by molar-refractivity contribution is 9.10. The summed E-state index contributed by atoms with van der Waals surface area (Å²) in [6, 6.07) is 5.89. The summed E-state index contributed by atoms with van der Waals surface area (Å²) in [4.78, 5) is 0. The lowest BCUT2D eigenvalue weighted by Gasteiger charge is -2.32. The fraction of sp³-hybridized carbons (Fsp3) is 0.500. The number of ether oxygens (including phenoxy) is 1.